The van der Waals surface area contributed by atoms with Crippen molar-refractivity contribution < 1.29 is 4.79 Å². The Hall–Kier alpha value is -1.59. The zero-order valence-corrected chi connectivity index (χ0v) is 12.7. The average molecular weight is 292 g/mol. The number of fused-ring (bicyclic) bond motifs is 1. The van der Waals surface area contributed by atoms with Gasteiger partial charge < -0.3 is 5.32 Å². The maximum Gasteiger partial charge on any atom is 0.346 e. The van der Waals surface area contributed by atoms with Crippen molar-refractivity contribution in [1.82, 2.24) is 19.7 Å². The van der Waals surface area contributed by atoms with Crippen LogP contribution in [0.4, 0.5) is 0 Å². The minimum atomic E-state index is -0.136. The van der Waals surface area contributed by atoms with E-state index >= 15 is 0 Å². The Bertz CT molecular complexity index is 575. The Balaban J connectivity index is 1.60. The van der Waals surface area contributed by atoms with E-state index in [0.29, 0.717) is 12.0 Å². The summed E-state index contributed by atoms with van der Waals surface area (Å²) in [5.74, 6) is 1.38. The van der Waals surface area contributed by atoms with Gasteiger partial charge in [-0.1, -0.05) is 19.8 Å². The first-order valence-electron chi connectivity index (χ1n) is 8.15. The topological polar surface area (TPSA) is 68.9 Å². The molecule has 1 aromatic rings. The van der Waals surface area contributed by atoms with Crippen LogP contribution in [0.25, 0.3) is 0 Å². The average Bonchev–Trinajstić information content (AvgIpc) is 3.16. The van der Waals surface area contributed by atoms with Gasteiger partial charge in [-0.05, 0) is 31.6 Å². The third-order valence-corrected chi connectivity index (χ3v) is 4.50. The number of amides is 1. The molecule has 0 radical (unpaired) electrons. The second-order valence-corrected chi connectivity index (χ2v) is 6.28. The lowest BCUT2D eigenvalue weighted by Gasteiger charge is -2.04. The monoisotopic (exact) mass is 292 g/mol. The SMILES string of the molecule is CCC[C@H]1C[C@@H]1NC(=O)Cn1nc2n(c1=O)CCCCC2. The highest BCUT2D eigenvalue weighted by atomic mass is 16.2. The molecule has 1 N–H and O–H groups in total. The van der Waals surface area contributed by atoms with Gasteiger partial charge in [0.05, 0.1) is 0 Å². The number of aromatic nitrogens is 3. The lowest BCUT2D eigenvalue weighted by atomic mass is 10.2. The van der Waals surface area contributed by atoms with Gasteiger partial charge in [-0.25, -0.2) is 9.48 Å². The Labute approximate surface area is 124 Å². The van der Waals surface area contributed by atoms with E-state index in [0.717, 1.165) is 50.9 Å². The molecule has 0 bridgehead atoms. The molecule has 1 aromatic heterocycles. The van der Waals surface area contributed by atoms with Crippen molar-refractivity contribution in [2.45, 2.75) is 71.0 Å². The number of carbonyl (C=O) groups is 1. The fourth-order valence-electron chi connectivity index (χ4n) is 3.23. The smallest absolute Gasteiger partial charge is 0.346 e. The summed E-state index contributed by atoms with van der Waals surface area (Å²) in [4.78, 5) is 24.3. The first-order chi connectivity index (χ1) is 10.2. The first-order valence-corrected chi connectivity index (χ1v) is 8.15. The van der Waals surface area contributed by atoms with Crippen molar-refractivity contribution in [3.05, 3.63) is 16.3 Å². The molecule has 2 heterocycles. The molecule has 2 aliphatic rings. The van der Waals surface area contributed by atoms with Gasteiger partial charge in [0.15, 0.2) is 0 Å². The quantitative estimate of drug-likeness (QED) is 0.883. The molecular formula is C15H24N4O2. The summed E-state index contributed by atoms with van der Waals surface area (Å²) in [6.07, 6.45) is 7.48. The Morgan fingerprint density at radius 2 is 2.24 bits per heavy atom. The Morgan fingerprint density at radius 3 is 3.05 bits per heavy atom. The van der Waals surface area contributed by atoms with Gasteiger partial charge in [0.1, 0.15) is 12.4 Å². The number of nitrogens with one attached hydrogen (secondary N) is 1. The van der Waals surface area contributed by atoms with Crippen LogP contribution in [0, 0.1) is 5.92 Å². The summed E-state index contributed by atoms with van der Waals surface area (Å²) in [5.41, 5.74) is -0.136. The highest BCUT2D eigenvalue weighted by Crippen LogP contribution is 2.34. The van der Waals surface area contributed by atoms with Crippen LogP contribution in [0.2, 0.25) is 0 Å². The summed E-state index contributed by atoms with van der Waals surface area (Å²) in [6, 6.07) is 0.314. The van der Waals surface area contributed by atoms with Gasteiger partial charge in [-0.2, -0.15) is 5.10 Å². The van der Waals surface area contributed by atoms with E-state index in [4.69, 9.17) is 0 Å². The zero-order valence-electron chi connectivity index (χ0n) is 12.7. The van der Waals surface area contributed by atoms with Crippen molar-refractivity contribution in [3.63, 3.8) is 0 Å². The molecule has 1 amide bonds. The zero-order chi connectivity index (χ0) is 14.8. The highest BCUT2D eigenvalue weighted by Gasteiger charge is 2.37. The molecule has 1 aliphatic heterocycles. The normalized spacial score (nSPS) is 24.2. The lowest BCUT2D eigenvalue weighted by molar-refractivity contribution is -0.122. The van der Waals surface area contributed by atoms with E-state index in [-0.39, 0.29) is 18.1 Å². The molecule has 1 aliphatic carbocycles. The molecule has 21 heavy (non-hydrogen) atoms. The molecule has 0 unspecified atom stereocenters. The van der Waals surface area contributed by atoms with Crippen molar-refractivity contribution in [1.29, 1.82) is 0 Å². The van der Waals surface area contributed by atoms with E-state index in [2.05, 4.69) is 17.3 Å². The van der Waals surface area contributed by atoms with Crippen LogP contribution in [0.3, 0.4) is 0 Å². The third-order valence-electron chi connectivity index (χ3n) is 4.50. The van der Waals surface area contributed by atoms with Crippen LogP contribution >= 0.6 is 0 Å². The van der Waals surface area contributed by atoms with E-state index < -0.39 is 0 Å². The van der Waals surface area contributed by atoms with Gasteiger partial charge in [0.25, 0.3) is 0 Å². The maximum atomic E-state index is 12.3. The minimum absolute atomic E-state index is 0.0498. The number of rotatable bonds is 5. The molecule has 3 rings (SSSR count). The fourth-order valence-corrected chi connectivity index (χ4v) is 3.23. The van der Waals surface area contributed by atoms with Gasteiger partial charge in [-0.3, -0.25) is 9.36 Å². The van der Waals surface area contributed by atoms with Gasteiger partial charge in [-0.15, -0.1) is 0 Å². The van der Waals surface area contributed by atoms with Gasteiger partial charge in [0, 0.05) is 19.0 Å². The molecular weight excluding hydrogens is 268 g/mol. The summed E-state index contributed by atoms with van der Waals surface area (Å²) in [5, 5.41) is 7.35. The number of hydrogen-bond acceptors (Lipinski definition) is 3. The summed E-state index contributed by atoms with van der Waals surface area (Å²) < 4.78 is 3.06. The van der Waals surface area contributed by atoms with E-state index in [9.17, 15) is 9.59 Å². The van der Waals surface area contributed by atoms with Crippen LogP contribution in [0.5, 0.6) is 0 Å². The second kappa shape index (κ2) is 6.03. The molecule has 2 atom stereocenters. The molecule has 116 valence electrons. The van der Waals surface area contributed by atoms with E-state index in [1.165, 1.54) is 11.1 Å². The number of carbonyl (C=O) groups excluding carboxylic acids is 1. The van der Waals surface area contributed by atoms with Crippen molar-refractivity contribution in [2.24, 2.45) is 5.92 Å². The minimum Gasteiger partial charge on any atom is -0.351 e. The number of nitrogens with zero attached hydrogens (tertiary/aromatic N) is 3. The van der Waals surface area contributed by atoms with Crippen molar-refractivity contribution in [3.8, 4) is 0 Å². The fraction of sp³-hybridized carbons (Fsp3) is 0.800. The summed E-state index contributed by atoms with van der Waals surface area (Å²) in [6.45, 7) is 2.94. The first kappa shape index (κ1) is 14.4. The third kappa shape index (κ3) is 3.19. The van der Waals surface area contributed by atoms with Gasteiger partial charge >= 0.3 is 5.69 Å². The van der Waals surface area contributed by atoms with Crippen LogP contribution < -0.4 is 11.0 Å². The van der Waals surface area contributed by atoms with Crippen LogP contribution in [0.15, 0.2) is 4.79 Å². The van der Waals surface area contributed by atoms with E-state index in [1.54, 1.807) is 4.57 Å². The summed E-state index contributed by atoms with van der Waals surface area (Å²) in [7, 11) is 0. The number of aryl methyl sites for hydroxylation is 1. The predicted molar refractivity (Wildman–Crippen MR) is 79.0 cm³/mol. The Morgan fingerprint density at radius 1 is 1.38 bits per heavy atom. The van der Waals surface area contributed by atoms with Crippen molar-refractivity contribution in [2.75, 3.05) is 0 Å². The van der Waals surface area contributed by atoms with Crippen LogP contribution in [-0.2, 0) is 24.3 Å². The molecule has 6 heteroatoms. The largest absolute Gasteiger partial charge is 0.351 e. The maximum absolute atomic E-state index is 12.3. The highest BCUT2D eigenvalue weighted by molar-refractivity contribution is 5.76. The lowest BCUT2D eigenvalue weighted by Crippen LogP contribution is -2.35. The predicted octanol–water partition coefficient (Wildman–Crippen LogP) is 1.08. The molecule has 0 saturated heterocycles. The molecule has 6 nitrogen and oxygen atoms in total. The second-order valence-electron chi connectivity index (χ2n) is 6.28. The van der Waals surface area contributed by atoms with Crippen molar-refractivity contribution >= 4 is 5.91 Å². The van der Waals surface area contributed by atoms with Crippen LogP contribution in [-0.4, -0.2) is 26.3 Å². The molecule has 1 fully saturated rings. The van der Waals surface area contributed by atoms with E-state index in [1.807, 2.05) is 0 Å². The number of hydrogen-bond donors (Lipinski definition) is 1. The molecule has 1 saturated carbocycles. The van der Waals surface area contributed by atoms with Crippen LogP contribution in [0.1, 0.15) is 51.3 Å². The molecule has 0 aromatic carbocycles. The van der Waals surface area contributed by atoms with Gasteiger partial charge in [0.2, 0.25) is 5.91 Å². The standard InChI is InChI=1S/C15H24N4O2/c1-2-6-11-9-12(11)16-14(20)10-19-15(21)18-8-5-3-4-7-13(18)17-19/h11-12H,2-10H2,1H3,(H,16,20)/t11-,12-/m0/s1. The summed E-state index contributed by atoms with van der Waals surface area (Å²) >= 11 is 0. The molecule has 0 spiro atoms. The Kier molecular flexibility index (Phi) is 4.12.